The zero-order valence-corrected chi connectivity index (χ0v) is 12.8. The van der Waals surface area contributed by atoms with Crippen molar-refractivity contribution in [1.82, 2.24) is 20.1 Å². The fourth-order valence-corrected chi connectivity index (χ4v) is 2.52. The largest absolute Gasteiger partial charge is 0.306 e. The van der Waals surface area contributed by atoms with E-state index in [1.54, 1.807) is 0 Å². The van der Waals surface area contributed by atoms with Gasteiger partial charge in [0.25, 0.3) is 0 Å². The first-order valence-corrected chi connectivity index (χ1v) is 7.33. The molecule has 0 saturated carbocycles. The van der Waals surface area contributed by atoms with Crippen molar-refractivity contribution in [2.45, 2.75) is 39.7 Å². The third kappa shape index (κ3) is 3.07. The maximum absolute atomic E-state index is 4.57. The van der Waals surface area contributed by atoms with Crippen molar-refractivity contribution in [2.24, 2.45) is 7.05 Å². The Morgan fingerprint density at radius 2 is 2.10 bits per heavy atom. The van der Waals surface area contributed by atoms with Gasteiger partial charge in [-0.15, -0.1) is 0 Å². The molecule has 1 atom stereocenters. The van der Waals surface area contributed by atoms with Gasteiger partial charge in [-0.1, -0.05) is 13.8 Å². The number of hydrogen-bond donors (Lipinski definition) is 1. The SMILES string of the molecule is CCCNC(c1cnccc1C)c1cn(C)nc1CC. The second-order valence-corrected chi connectivity index (χ2v) is 5.18. The van der Waals surface area contributed by atoms with E-state index in [1.807, 2.05) is 24.1 Å². The van der Waals surface area contributed by atoms with Crippen molar-refractivity contribution in [1.29, 1.82) is 0 Å². The number of rotatable bonds is 6. The molecule has 108 valence electrons. The highest BCUT2D eigenvalue weighted by molar-refractivity contribution is 5.36. The Morgan fingerprint density at radius 1 is 1.30 bits per heavy atom. The molecule has 1 unspecified atom stereocenters. The highest BCUT2D eigenvalue weighted by Crippen LogP contribution is 2.26. The Morgan fingerprint density at radius 3 is 2.75 bits per heavy atom. The lowest BCUT2D eigenvalue weighted by Crippen LogP contribution is -2.24. The van der Waals surface area contributed by atoms with Crippen LogP contribution in [0.3, 0.4) is 0 Å². The molecule has 4 heteroatoms. The third-order valence-electron chi connectivity index (χ3n) is 3.57. The second-order valence-electron chi connectivity index (χ2n) is 5.18. The smallest absolute Gasteiger partial charge is 0.0673 e. The van der Waals surface area contributed by atoms with Crippen LogP contribution < -0.4 is 5.32 Å². The van der Waals surface area contributed by atoms with Gasteiger partial charge in [0.05, 0.1) is 11.7 Å². The van der Waals surface area contributed by atoms with Crippen LogP contribution >= 0.6 is 0 Å². The molecule has 0 aliphatic carbocycles. The molecule has 2 aromatic rings. The van der Waals surface area contributed by atoms with Crippen LogP contribution in [0.5, 0.6) is 0 Å². The Labute approximate surface area is 121 Å². The molecule has 20 heavy (non-hydrogen) atoms. The molecule has 2 aromatic heterocycles. The Balaban J connectivity index is 2.44. The molecule has 0 bridgehead atoms. The number of pyridine rings is 1. The van der Waals surface area contributed by atoms with Gasteiger partial charge < -0.3 is 5.32 Å². The van der Waals surface area contributed by atoms with Crippen molar-refractivity contribution < 1.29 is 0 Å². The van der Waals surface area contributed by atoms with Crippen LogP contribution in [0.4, 0.5) is 0 Å². The molecular weight excluding hydrogens is 248 g/mol. The summed E-state index contributed by atoms with van der Waals surface area (Å²) in [5, 5.41) is 8.21. The van der Waals surface area contributed by atoms with Crippen LogP contribution in [0.2, 0.25) is 0 Å². The van der Waals surface area contributed by atoms with Gasteiger partial charge >= 0.3 is 0 Å². The summed E-state index contributed by atoms with van der Waals surface area (Å²) in [6.07, 6.45) is 7.99. The van der Waals surface area contributed by atoms with Gasteiger partial charge in [-0.2, -0.15) is 5.10 Å². The van der Waals surface area contributed by atoms with Crippen molar-refractivity contribution in [3.63, 3.8) is 0 Å². The first kappa shape index (κ1) is 14.7. The maximum atomic E-state index is 4.57. The molecule has 0 saturated heterocycles. The molecule has 2 rings (SSSR count). The number of nitrogens with zero attached hydrogens (tertiary/aromatic N) is 3. The van der Waals surface area contributed by atoms with Crippen molar-refractivity contribution in [2.75, 3.05) is 6.54 Å². The Hall–Kier alpha value is -1.68. The van der Waals surface area contributed by atoms with Crippen LogP contribution in [-0.2, 0) is 13.5 Å². The topological polar surface area (TPSA) is 42.7 Å². The molecule has 4 nitrogen and oxygen atoms in total. The summed E-state index contributed by atoms with van der Waals surface area (Å²) in [4.78, 5) is 4.30. The predicted molar refractivity (Wildman–Crippen MR) is 81.7 cm³/mol. The average molecular weight is 272 g/mol. The van der Waals surface area contributed by atoms with E-state index in [2.05, 4.69) is 48.4 Å². The Kier molecular flexibility index (Phi) is 4.90. The molecule has 0 spiro atoms. The van der Waals surface area contributed by atoms with E-state index in [1.165, 1.54) is 16.7 Å². The van der Waals surface area contributed by atoms with Gasteiger partial charge in [0, 0.05) is 31.2 Å². The summed E-state index contributed by atoms with van der Waals surface area (Å²) in [6, 6.07) is 2.24. The van der Waals surface area contributed by atoms with Crippen LogP contribution in [0, 0.1) is 6.92 Å². The van der Waals surface area contributed by atoms with Crippen molar-refractivity contribution in [3.05, 3.63) is 47.0 Å². The molecule has 2 heterocycles. The molecule has 0 radical (unpaired) electrons. The van der Waals surface area contributed by atoms with Gasteiger partial charge in [-0.05, 0) is 43.5 Å². The van der Waals surface area contributed by atoms with Gasteiger partial charge in [-0.3, -0.25) is 9.67 Å². The summed E-state index contributed by atoms with van der Waals surface area (Å²) in [5.41, 5.74) is 4.92. The van der Waals surface area contributed by atoms with E-state index in [9.17, 15) is 0 Å². The lowest BCUT2D eigenvalue weighted by atomic mass is 9.96. The monoisotopic (exact) mass is 272 g/mol. The average Bonchev–Trinajstić information content (AvgIpc) is 2.82. The van der Waals surface area contributed by atoms with E-state index < -0.39 is 0 Å². The minimum atomic E-state index is 0.173. The first-order valence-electron chi connectivity index (χ1n) is 7.33. The van der Waals surface area contributed by atoms with Gasteiger partial charge in [0.1, 0.15) is 0 Å². The fourth-order valence-electron chi connectivity index (χ4n) is 2.52. The highest BCUT2D eigenvalue weighted by Gasteiger charge is 2.20. The molecule has 0 amide bonds. The van der Waals surface area contributed by atoms with Crippen LogP contribution in [0.25, 0.3) is 0 Å². The van der Waals surface area contributed by atoms with Gasteiger partial charge in [0.15, 0.2) is 0 Å². The third-order valence-corrected chi connectivity index (χ3v) is 3.57. The molecule has 0 aliphatic rings. The number of aryl methyl sites for hydroxylation is 3. The Bertz CT molecular complexity index is 559. The van der Waals surface area contributed by atoms with E-state index in [0.717, 1.165) is 25.1 Å². The summed E-state index contributed by atoms with van der Waals surface area (Å²) in [7, 11) is 1.98. The summed E-state index contributed by atoms with van der Waals surface area (Å²) in [6.45, 7) is 7.46. The molecule has 0 fully saturated rings. The van der Waals surface area contributed by atoms with E-state index in [0.29, 0.717) is 0 Å². The number of nitrogens with one attached hydrogen (secondary N) is 1. The zero-order chi connectivity index (χ0) is 14.5. The van der Waals surface area contributed by atoms with E-state index in [4.69, 9.17) is 0 Å². The highest BCUT2D eigenvalue weighted by atomic mass is 15.3. The summed E-state index contributed by atoms with van der Waals surface area (Å²) >= 11 is 0. The maximum Gasteiger partial charge on any atom is 0.0673 e. The minimum absolute atomic E-state index is 0.173. The van der Waals surface area contributed by atoms with Crippen LogP contribution in [-0.4, -0.2) is 21.3 Å². The fraction of sp³-hybridized carbons (Fsp3) is 0.500. The number of hydrogen-bond acceptors (Lipinski definition) is 3. The number of aromatic nitrogens is 3. The zero-order valence-electron chi connectivity index (χ0n) is 12.8. The van der Waals surface area contributed by atoms with Crippen molar-refractivity contribution >= 4 is 0 Å². The normalized spacial score (nSPS) is 12.6. The first-order chi connectivity index (χ1) is 9.67. The van der Waals surface area contributed by atoms with Crippen LogP contribution in [0.15, 0.2) is 24.7 Å². The standard InChI is InChI=1S/C16H24N4/c1-5-8-18-16(13-10-17-9-7-12(13)3)14-11-20(4)19-15(14)6-2/h7,9-11,16,18H,5-6,8H2,1-4H3. The van der Waals surface area contributed by atoms with Crippen molar-refractivity contribution in [3.8, 4) is 0 Å². The lowest BCUT2D eigenvalue weighted by Gasteiger charge is -2.20. The predicted octanol–water partition coefficient (Wildman–Crippen LogP) is 2.77. The summed E-state index contributed by atoms with van der Waals surface area (Å²) < 4.78 is 1.90. The van der Waals surface area contributed by atoms with E-state index in [-0.39, 0.29) is 6.04 Å². The van der Waals surface area contributed by atoms with E-state index >= 15 is 0 Å². The minimum Gasteiger partial charge on any atom is -0.306 e. The second kappa shape index (κ2) is 6.66. The lowest BCUT2D eigenvalue weighted by molar-refractivity contribution is 0.590. The van der Waals surface area contributed by atoms with Crippen LogP contribution in [0.1, 0.15) is 48.7 Å². The summed E-state index contributed by atoms with van der Waals surface area (Å²) in [5.74, 6) is 0. The molecular formula is C16H24N4. The van der Waals surface area contributed by atoms with Gasteiger partial charge in [0.2, 0.25) is 0 Å². The quantitative estimate of drug-likeness (QED) is 0.879. The van der Waals surface area contributed by atoms with Gasteiger partial charge in [-0.25, -0.2) is 0 Å². The molecule has 0 aliphatic heterocycles. The molecule has 1 N–H and O–H groups in total. The molecule has 0 aromatic carbocycles.